The van der Waals surface area contributed by atoms with E-state index in [-0.39, 0.29) is 0 Å². The van der Waals surface area contributed by atoms with Crippen molar-refractivity contribution >= 4 is 5.97 Å². The van der Waals surface area contributed by atoms with Gasteiger partial charge in [-0.3, -0.25) is 0 Å². The summed E-state index contributed by atoms with van der Waals surface area (Å²) in [5, 5.41) is 9.90. The van der Waals surface area contributed by atoms with E-state index in [0.29, 0.717) is 23.7 Å². The maximum Gasteiger partial charge on any atom is 0.339 e. The van der Waals surface area contributed by atoms with Crippen LogP contribution >= 0.6 is 0 Å². The summed E-state index contributed by atoms with van der Waals surface area (Å²) in [6.07, 6.45) is 0.404. The molecular formula is C14H20O5. The number of hydrogen-bond acceptors (Lipinski definition) is 5. The second-order valence-electron chi connectivity index (χ2n) is 4.04. The number of hydrogen-bond donors (Lipinski definition) is 1. The maximum absolute atomic E-state index is 11.6. The monoisotopic (exact) mass is 268 g/mol. The fourth-order valence-corrected chi connectivity index (χ4v) is 1.56. The van der Waals surface area contributed by atoms with Crippen molar-refractivity contribution in [3.63, 3.8) is 0 Å². The Labute approximate surface area is 113 Å². The molecule has 5 nitrogen and oxygen atoms in total. The van der Waals surface area contributed by atoms with Crippen molar-refractivity contribution in [1.82, 2.24) is 0 Å². The molecule has 106 valence electrons. The van der Waals surface area contributed by atoms with Crippen LogP contribution in [0.5, 0.6) is 11.5 Å². The summed E-state index contributed by atoms with van der Waals surface area (Å²) in [4.78, 5) is 11.6. The summed E-state index contributed by atoms with van der Waals surface area (Å²) in [7, 11) is 3.01. The van der Waals surface area contributed by atoms with Gasteiger partial charge in [0.15, 0.2) is 17.6 Å². The van der Waals surface area contributed by atoms with E-state index >= 15 is 0 Å². The Kier molecular flexibility index (Phi) is 6.15. The molecule has 1 atom stereocenters. The molecule has 19 heavy (non-hydrogen) atoms. The lowest BCUT2D eigenvalue weighted by Gasteiger charge is -2.13. The number of methoxy groups -OCH3 is 2. The largest absolute Gasteiger partial charge is 0.493 e. The molecule has 1 aromatic rings. The van der Waals surface area contributed by atoms with Crippen LogP contribution in [0.3, 0.4) is 0 Å². The van der Waals surface area contributed by atoms with Crippen molar-refractivity contribution in [2.24, 2.45) is 0 Å². The van der Waals surface area contributed by atoms with Gasteiger partial charge in [0.2, 0.25) is 0 Å². The summed E-state index contributed by atoms with van der Waals surface area (Å²) in [6, 6.07) is 4.80. The van der Waals surface area contributed by atoms with Crippen LogP contribution in [-0.2, 0) is 9.53 Å². The highest BCUT2D eigenvalue weighted by Gasteiger charge is 2.20. The zero-order chi connectivity index (χ0) is 14.3. The van der Waals surface area contributed by atoms with E-state index in [4.69, 9.17) is 14.2 Å². The number of aliphatic hydroxyl groups excluding tert-OH is 1. The number of benzene rings is 1. The third kappa shape index (κ3) is 4.13. The first kappa shape index (κ1) is 15.3. The summed E-state index contributed by atoms with van der Waals surface area (Å²) >= 11 is 0. The minimum absolute atomic E-state index is 0.319. The molecule has 0 bridgehead atoms. The lowest BCUT2D eigenvalue weighted by atomic mass is 10.1. The molecular weight excluding hydrogens is 248 g/mol. The van der Waals surface area contributed by atoms with E-state index < -0.39 is 12.1 Å². The third-order valence-electron chi connectivity index (χ3n) is 2.69. The van der Waals surface area contributed by atoms with Crippen LogP contribution in [-0.4, -0.2) is 31.9 Å². The zero-order valence-corrected chi connectivity index (χ0v) is 11.5. The molecule has 0 aliphatic rings. The van der Waals surface area contributed by atoms with Gasteiger partial charge in [0.05, 0.1) is 20.8 Å². The number of rotatable bonds is 7. The highest BCUT2D eigenvalue weighted by molar-refractivity contribution is 5.76. The molecule has 1 unspecified atom stereocenters. The molecule has 0 saturated carbocycles. The molecule has 0 saturated heterocycles. The Morgan fingerprint density at radius 1 is 1.26 bits per heavy atom. The van der Waals surface area contributed by atoms with Crippen molar-refractivity contribution in [3.8, 4) is 11.5 Å². The average Bonchev–Trinajstić information content (AvgIpc) is 2.45. The lowest BCUT2D eigenvalue weighted by Crippen LogP contribution is -2.16. The molecule has 0 fully saturated rings. The van der Waals surface area contributed by atoms with Crippen molar-refractivity contribution in [1.29, 1.82) is 0 Å². The normalized spacial score (nSPS) is 11.8. The highest BCUT2D eigenvalue weighted by Crippen LogP contribution is 2.30. The van der Waals surface area contributed by atoms with Crippen LogP contribution in [0.1, 0.15) is 31.4 Å². The van der Waals surface area contributed by atoms with Crippen LogP contribution in [0.4, 0.5) is 0 Å². The molecule has 5 heteroatoms. The molecule has 1 N–H and O–H groups in total. The minimum atomic E-state index is -1.31. The Morgan fingerprint density at radius 3 is 2.53 bits per heavy atom. The molecule has 0 amide bonds. The van der Waals surface area contributed by atoms with Crippen LogP contribution in [0, 0.1) is 0 Å². The van der Waals surface area contributed by atoms with Crippen molar-refractivity contribution in [2.45, 2.75) is 25.9 Å². The predicted octanol–water partition coefficient (Wildman–Crippen LogP) is 2.08. The minimum Gasteiger partial charge on any atom is -0.493 e. The van der Waals surface area contributed by atoms with Gasteiger partial charge >= 0.3 is 5.97 Å². The second-order valence-corrected chi connectivity index (χ2v) is 4.04. The summed E-state index contributed by atoms with van der Waals surface area (Å²) in [5.41, 5.74) is 0.416. The van der Waals surface area contributed by atoms with Gasteiger partial charge in [0.1, 0.15) is 0 Å². The fourth-order valence-electron chi connectivity index (χ4n) is 1.56. The van der Waals surface area contributed by atoms with Gasteiger partial charge in [0.25, 0.3) is 0 Å². The van der Waals surface area contributed by atoms with Gasteiger partial charge in [-0.2, -0.15) is 0 Å². The first-order chi connectivity index (χ1) is 9.13. The number of ether oxygens (including phenoxy) is 3. The van der Waals surface area contributed by atoms with Crippen molar-refractivity contribution < 1.29 is 24.1 Å². The van der Waals surface area contributed by atoms with Crippen molar-refractivity contribution in [2.75, 3.05) is 20.8 Å². The van der Waals surface area contributed by atoms with Gasteiger partial charge in [-0.25, -0.2) is 4.79 Å². The van der Waals surface area contributed by atoms with Crippen LogP contribution in [0.25, 0.3) is 0 Å². The lowest BCUT2D eigenvalue weighted by molar-refractivity contribution is -0.154. The van der Waals surface area contributed by atoms with E-state index in [1.165, 1.54) is 14.2 Å². The predicted molar refractivity (Wildman–Crippen MR) is 70.4 cm³/mol. The van der Waals surface area contributed by atoms with Gasteiger partial charge in [-0.05, 0) is 24.1 Å². The highest BCUT2D eigenvalue weighted by atomic mass is 16.5. The van der Waals surface area contributed by atoms with Crippen molar-refractivity contribution in [3.05, 3.63) is 23.8 Å². The number of carbonyl (C=O) groups excluding carboxylic acids is 1. The SMILES string of the molecule is CCCCOC(=O)C(O)c1ccc(OC)c(OC)c1. The molecule has 1 aromatic carbocycles. The van der Waals surface area contributed by atoms with Crippen LogP contribution in [0.15, 0.2) is 18.2 Å². The average molecular weight is 268 g/mol. The Hall–Kier alpha value is -1.75. The maximum atomic E-state index is 11.6. The third-order valence-corrected chi connectivity index (χ3v) is 2.69. The number of aliphatic hydroxyl groups is 1. The summed E-state index contributed by atoms with van der Waals surface area (Å²) in [5.74, 6) is 0.346. The molecule has 0 aromatic heterocycles. The zero-order valence-electron chi connectivity index (χ0n) is 11.5. The number of unbranched alkanes of at least 4 members (excludes halogenated alkanes) is 1. The molecule has 0 aliphatic carbocycles. The van der Waals surface area contributed by atoms with E-state index in [2.05, 4.69) is 0 Å². The molecule has 0 heterocycles. The Bertz CT molecular complexity index is 416. The molecule has 0 spiro atoms. The molecule has 1 rings (SSSR count). The van der Waals surface area contributed by atoms with E-state index in [0.717, 1.165) is 12.8 Å². The van der Waals surface area contributed by atoms with Crippen LogP contribution < -0.4 is 9.47 Å². The van der Waals surface area contributed by atoms with E-state index in [1.54, 1.807) is 18.2 Å². The van der Waals surface area contributed by atoms with Gasteiger partial charge in [-0.1, -0.05) is 19.4 Å². The van der Waals surface area contributed by atoms with Crippen LogP contribution in [0.2, 0.25) is 0 Å². The Morgan fingerprint density at radius 2 is 1.95 bits per heavy atom. The van der Waals surface area contributed by atoms with E-state index in [1.807, 2.05) is 6.92 Å². The van der Waals surface area contributed by atoms with Gasteiger partial charge < -0.3 is 19.3 Å². The van der Waals surface area contributed by atoms with E-state index in [9.17, 15) is 9.90 Å². The first-order valence-electron chi connectivity index (χ1n) is 6.20. The Balaban J connectivity index is 2.76. The summed E-state index contributed by atoms with van der Waals surface area (Å²) < 4.78 is 15.2. The molecule has 0 radical (unpaired) electrons. The van der Waals surface area contributed by atoms with Gasteiger partial charge in [-0.15, -0.1) is 0 Å². The number of carbonyl (C=O) groups is 1. The molecule has 0 aliphatic heterocycles. The second kappa shape index (κ2) is 7.63. The summed E-state index contributed by atoms with van der Waals surface area (Å²) in [6.45, 7) is 2.32. The first-order valence-corrected chi connectivity index (χ1v) is 6.20. The van der Waals surface area contributed by atoms with Gasteiger partial charge in [0, 0.05) is 0 Å². The number of esters is 1. The topological polar surface area (TPSA) is 65.0 Å². The smallest absolute Gasteiger partial charge is 0.339 e. The standard InChI is InChI=1S/C14H20O5/c1-4-5-8-19-14(16)13(15)10-6-7-11(17-2)12(9-10)18-3/h6-7,9,13,15H,4-5,8H2,1-3H3. The quantitative estimate of drug-likeness (QED) is 0.606. The fraction of sp³-hybridized carbons (Fsp3) is 0.500.